The minimum atomic E-state index is -0.538. The second kappa shape index (κ2) is 3.99. The number of nitrogens with zero attached hydrogens (tertiary/aromatic N) is 1. The monoisotopic (exact) mass is 234 g/mol. The smallest absolute Gasteiger partial charge is 0.293 e. The van der Waals surface area contributed by atoms with Crippen LogP contribution >= 0.6 is 0 Å². The maximum atomic E-state index is 11.9. The molecule has 0 unspecified atom stereocenters. The second-order valence-corrected chi connectivity index (χ2v) is 3.76. The first kappa shape index (κ1) is 11.3. The molecule has 0 fully saturated rings. The molecule has 1 heterocycles. The summed E-state index contributed by atoms with van der Waals surface area (Å²) in [5.41, 5.74) is 0.486. The van der Waals surface area contributed by atoms with Crippen LogP contribution in [0.2, 0.25) is 0 Å². The second-order valence-electron chi connectivity index (χ2n) is 3.76. The third kappa shape index (κ3) is 1.78. The number of H-pyrrole nitrogens is 1. The molecular weight excluding hydrogens is 224 g/mol. The molecule has 0 bridgehead atoms. The summed E-state index contributed by atoms with van der Waals surface area (Å²) < 4.78 is 0. The van der Waals surface area contributed by atoms with Crippen LogP contribution in [0.1, 0.15) is 11.1 Å². The third-order valence-corrected chi connectivity index (χ3v) is 2.56. The summed E-state index contributed by atoms with van der Waals surface area (Å²) in [7, 11) is 0. The fourth-order valence-corrected chi connectivity index (χ4v) is 1.76. The van der Waals surface area contributed by atoms with Gasteiger partial charge in [0.25, 0.3) is 5.69 Å². The average molecular weight is 234 g/mol. The highest BCUT2D eigenvalue weighted by atomic mass is 16.6. The van der Waals surface area contributed by atoms with E-state index in [9.17, 15) is 14.9 Å². The number of pyridine rings is 1. The van der Waals surface area contributed by atoms with Crippen LogP contribution in [-0.2, 0) is 6.61 Å². The van der Waals surface area contributed by atoms with Gasteiger partial charge in [-0.05, 0) is 18.6 Å². The Morgan fingerprint density at radius 1 is 1.47 bits per heavy atom. The van der Waals surface area contributed by atoms with Gasteiger partial charge in [-0.15, -0.1) is 0 Å². The van der Waals surface area contributed by atoms with Gasteiger partial charge < -0.3 is 10.1 Å². The number of aryl methyl sites for hydroxylation is 1. The highest BCUT2D eigenvalue weighted by Crippen LogP contribution is 2.23. The first-order valence-corrected chi connectivity index (χ1v) is 4.94. The molecule has 2 N–H and O–H groups in total. The molecule has 17 heavy (non-hydrogen) atoms. The number of rotatable bonds is 2. The van der Waals surface area contributed by atoms with Gasteiger partial charge in [0.2, 0.25) is 0 Å². The number of benzene rings is 1. The molecule has 88 valence electrons. The Labute approximate surface area is 95.7 Å². The molecule has 0 aliphatic heterocycles. The first-order chi connectivity index (χ1) is 8.04. The number of fused-ring (bicyclic) bond motifs is 1. The minimum Gasteiger partial charge on any atom is -0.391 e. The Balaban J connectivity index is 2.94. The summed E-state index contributed by atoms with van der Waals surface area (Å²) in [5.74, 6) is 0. The highest BCUT2D eigenvalue weighted by Gasteiger charge is 2.16. The van der Waals surface area contributed by atoms with Crippen LogP contribution < -0.4 is 5.43 Å². The minimum absolute atomic E-state index is 0.137. The summed E-state index contributed by atoms with van der Waals surface area (Å²) in [5, 5.41) is 20.1. The Bertz CT molecular complexity index is 660. The first-order valence-electron chi connectivity index (χ1n) is 4.94. The van der Waals surface area contributed by atoms with Gasteiger partial charge >= 0.3 is 0 Å². The number of aliphatic hydroxyl groups is 1. The van der Waals surface area contributed by atoms with Crippen molar-refractivity contribution >= 4 is 16.6 Å². The van der Waals surface area contributed by atoms with Crippen LogP contribution in [-0.4, -0.2) is 15.0 Å². The van der Waals surface area contributed by atoms with Crippen molar-refractivity contribution in [3.05, 3.63) is 49.8 Å². The lowest BCUT2D eigenvalue weighted by Gasteiger charge is -2.03. The van der Waals surface area contributed by atoms with E-state index >= 15 is 0 Å². The van der Waals surface area contributed by atoms with E-state index in [1.54, 1.807) is 13.0 Å². The van der Waals surface area contributed by atoms with Gasteiger partial charge in [-0.2, -0.15) is 0 Å². The number of hydrogen-bond acceptors (Lipinski definition) is 4. The van der Waals surface area contributed by atoms with Crippen molar-refractivity contribution in [2.45, 2.75) is 13.5 Å². The predicted octanol–water partition coefficient (Wildman–Crippen LogP) is 1.24. The lowest BCUT2D eigenvalue weighted by Crippen LogP contribution is -2.11. The summed E-state index contributed by atoms with van der Waals surface area (Å²) in [6.45, 7) is 1.28. The van der Waals surface area contributed by atoms with E-state index in [1.165, 1.54) is 12.3 Å². The van der Waals surface area contributed by atoms with Gasteiger partial charge in [0.05, 0.1) is 16.9 Å². The van der Waals surface area contributed by atoms with Gasteiger partial charge in [-0.3, -0.25) is 14.9 Å². The maximum Gasteiger partial charge on any atom is 0.293 e. The van der Waals surface area contributed by atoms with Crippen molar-refractivity contribution in [2.24, 2.45) is 0 Å². The van der Waals surface area contributed by atoms with E-state index in [1.807, 2.05) is 0 Å². The normalized spacial score (nSPS) is 10.7. The fourth-order valence-electron chi connectivity index (χ4n) is 1.76. The number of hydrogen-bond donors (Lipinski definition) is 2. The third-order valence-electron chi connectivity index (χ3n) is 2.56. The summed E-state index contributed by atoms with van der Waals surface area (Å²) in [6, 6.07) is 2.97. The molecule has 2 rings (SSSR count). The molecule has 0 radical (unpaired) electrons. The van der Waals surface area contributed by atoms with Gasteiger partial charge in [-0.25, -0.2) is 0 Å². The zero-order valence-corrected chi connectivity index (χ0v) is 9.06. The Morgan fingerprint density at radius 2 is 2.18 bits per heavy atom. The highest BCUT2D eigenvalue weighted by molar-refractivity contribution is 5.88. The Hall–Kier alpha value is -2.21. The number of non-ortho nitro benzene ring substituents is 1. The lowest BCUT2D eigenvalue weighted by molar-refractivity contribution is -0.383. The zero-order chi connectivity index (χ0) is 12.6. The molecule has 1 aromatic carbocycles. The molecular formula is C11H10N2O4. The number of nitro groups is 1. The molecule has 0 spiro atoms. The van der Waals surface area contributed by atoms with Gasteiger partial charge in [-0.1, -0.05) is 0 Å². The average Bonchev–Trinajstić information content (AvgIpc) is 2.29. The summed E-state index contributed by atoms with van der Waals surface area (Å²) >= 11 is 0. The lowest BCUT2D eigenvalue weighted by atomic mass is 10.1. The van der Waals surface area contributed by atoms with Crippen molar-refractivity contribution in [1.82, 2.24) is 4.98 Å². The summed E-state index contributed by atoms with van der Waals surface area (Å²) in [4.78, 5) is 24.9. The number of aromatic nitrogens is 1. The van der Waals surface area contributed by atoms with Gasteiger partial charge in [0.15, 0.2) is 5.43 Å². The van der Waals surface area contributed by atoms with E-state index in [4.69, 9.17) is 5.11 Å². The molecule has 2 aromatic rings. The molecule has 0 atom stereocenters. The topological polar surface area (TPSA) is 96.2 Å². The van der Waals surface area contributed by atoms with Crippen molar-refractivity contribution in [3.8, 4) is 0 Å². The van der Waals surface area contributed by atoms with Crippen molar-refractivity contribution in [3.63, 3.8) is 0 Å². The quantitative estimate of drug-likeness (QED) is 0.603. The van der Waals surface area contributed by atoms with E-state index in [-0.39, 0.29) is 27.6 Å². The Kier molecular flexibility index (Phi) is 2.64. The molecule has 1 aromatic heterocycles. The van der Waals surface area contributed by atoms with Crippen LogP contribution in [0.15, 0.2) is 23.1 Å². The van der Waals surface area contributed by atoms with Crippen LogP contribution in [0.3, 0.4) is 0 Å². The molecule has 6 nitrogen and oxygen atoms in total. The van der Waals surface area contributed by atoms with E-state index in [0.29, 0.717) is 5.56 Å². The van der Waals surface area contributed by atoms with Crippen molar-refractivity contribution < 1.29 is 10.0 Å². The summed E-state index contributed by atoms with van der Waals surface area (Å²) in [6.07, 6.45) is 1.30. The fraction of sp³-hybridized carbons (Fsp3) is 0.182. The molecule has 0 aliphatic carbocycles. The number of nitro benzene ring substituents is 1. The van der Waals surface area contributed by atoms with Crippen LogP contribution in [0.4, 0.5) is 5.69 Å². The SMILES string of the molecule is Cc1cc([N+](=O)[O-])c2[nH]cc(CO)c(=O)c2c1. The largest absolute Gasteiger partial charge is 0.391 e. The van der Waals surface area contributed by atoms with E-state index < -0.39 is 11.5 Å². The Morgan fingerprint density at radius 3 is 2.76 bits per heavy atom. The molecule has 6 heteroatoms. The maximum absolute atomic E-state index is 11.9. The number of nitrogens with one attached hydrogen (secondary N) is 1. The van der Waals surface area contributed by atoms with Crippen LogP contribution in [0.5, 0.6) is 0 Å². The molecule has 0 saturated carbocycles. The van der Waals surface area contributed by atoms with Gasteiger partial charge in [0, 0.05) is 17.8 Å². The predicted molar refractivity (Wildman–Crippen MR) is 61.9 cm³/mol. The van der Waals surface area contributed by atoms with Crippen molar-refractivity contribution in [1.29, 1.82) is 0 Å². The number of aromatic amines is 1. The number of aliphatic hydroxyl groups excluding tert-OH is 1. The zero-order valence-electron chi connectivity index (χ0n) is 9.06. The van der Waals surface area contributed by atoms with Crippen LogP contribution in [0, 0.1) is 17.0 Å². The molecule has 0 aliphatic rings. The standard InChI is InChI=1S/C11H10N2O4/c1-6-2-8-10(9(3-6)13(16)17)12-4-7(5-14)11(8)15/h2-4,14H,5H2,1H3,(H,12,15). The molecule has 0 saturated heterocycles. The van der Waals surface area contributed by atoms with E-state index in [2.05, 4.69) is 4.98 Å². The molecule has 0 amide bonds. The van der Waals surface area contributed by atoms with Gasteiger partial charge in [0.1, 0.15) is 5.52 Å². The van der Waals surface area contributed by atoms with E-state index in [0.717, 1.165) is 0 Å². The van der Waals surface area contributed by atoms with Crippen LogP contribution in [0.25, 0.3) is 10.9 Å². The van der Waals surface area contributed by atoms with Crippen molar-refractivity contribution in [2.75, 3.05) is 0 Å².